The van der Waals surface area contributed by atoms with Gasteiger partial charge in [-0.3, -0.25) is 4.79 Å². The van der Waals surface area contributed by atoms with Crippen molar-refractivity contribution < 1.29 is 24.3 Å². The average molecular weight is 242 g/mol. The van der Waals surface area contributed by atoms with Crippen LogP contribution in [0.2, 0.25) is 0 Å². The van der Waals surface area contributed by atoms with E-state index in [0.29, 0.717) is 18.8 Å². The van der Waals surface area contributed by atoms with Gasteiger partial charge in [0.15, 0.2) is 0 Å². The zero-order valence-corrected chi connectivity index (χ0v) is 9.51. The molecule has 94 valence electrons. The lowest BCUT2D eigenvalue weighted by molar-refractivity contribution is -0.210. The van der Waals surface area contributed by atoms with E-state index < -0.39 is 24.1 Å². The molecule has 1 saturated heterocycles. The van der Waals surface area contributed by atoms with Crippen LogP contribution in [0.5, 0.6) is 0 Å². The summed E-state index contributed by atoms with van der Waals surface area (Å²) in [5.41, 5.74) is -1.84. The Hall–Kier alpha value is -1.63. The molecule has 7 nitrogen and oxygen atoms in total. The van der Waals surface area contributed by atoms with Crippen molar-refractivity contribution in [2.75, 3.05) is 13.7 Å². The van der Waals surface area contributed by atoms with Crippen LogP contribution >= 0.6 is 0 Å². The first-order chi connectivity index (χ1) is 8.07. The summed E-state index contributed by atoms with van der Waals surface area (Å²) in [6.07, 6.45) is 2.13. The summed E-state index contributed by atoms with van der Waals surface area (Å²) in [4.78, 5) is 31.8. The second-order valence-electron chi connectivity index (χ2n) is 4.02. The Bertz CT molecular complexity index is 381. The van der Waals surface area contributed by atoms with Gasteiger partial charge in [-0.25, -0.2) is 19.7 Å². The highest BCUT2D eigenvalue weighted by Crippen LogP contribution is 2.31. The number of ether oxygens (including phenoxy) is 1. The molecule has 0 aromatic heterocycles. The standard InChI is InChI=1S/C10H14N2O5/c1-16-8(13)6-10(9(14)15)11-7-4-2-3-5-12(7)17-10/h2-6H2,1H3,(H,14,15). The third kappa shape index (κ3) is 2.10. The van der Waals surface area contributed by atoms with E-state index in [-0.39, 0.29) is 0 Å². The predicted molar refractivity (Wildman–Crippen MR) is 56.1 cm³/mol. The first-order valence-electron chi connectivity index (χ1n) is 5.43. The van der Waals surface area contributed by atoms with Crippen LogP contribution in [-0.4, -0.2) is 47.3 Å². The van der Waals surface area contributed by atoms with E-state index >= 15 is 0 Å². The maximum atomic E-state index is 11.3. The molecule has 0 aliphatic carbocycles. The van der Waals surface area contributed by atoms with E-state index in [0.717, 1.165) is 12.8 Å². The maximum Gasteiger partial charge on any atom is 0.362 e. The quantitative estimate of drug-likeness (QED) is 0.709. The fraction of sp³-hybridized carbons (Fsp3) is 0.700. The van der Waals surface area contributed by atoms with Crippen molar-refractivity contribution in [2.24, 2.45) is 4.99 Å². The first kappa shape index (κ1) is 11.8. The van der Waals surface area contributed by atoms with Gasteiger partial charge in [-0.05, 0) is 12.8 Å². The van der Waals surface area contributed by atoms with Gasteiger partial charge in [0.1, 0.15) is 12.3 Å². The minimum Gasteiger partial charge on any atom is -0.478 e. The Labute approximate surface area is 98.0 Å². The number of esters is 1. The summed E-state index contributed by atoms with van der Waals surface area (Å²) < 4.78 is 4.47. The number of methoxy groups -OCH3 is 1. The molecule has 2 aliphatic rings. The SMILES string of the molecule is COC(=O)CC1(C(=O)O)N=C2CCCCN2O1. The number of hydrogen-bond acceptors (Lipinski definition) is 6. The van der Waals surface area contributed by atoms with Gasteiger partial charge in [-0.15, -0.1) is 0 Å². The lowest BCUT2D eigenvalue weighted by atomic mass is 10.1. The van der Waals surface area contributed by atoms with E-state index in [1.165, 1.54) is 12.2 Å². The Kier molecular flexibility index (Phi) is 3.01. The second kappa shape index (κ2) is 4.33. The number of rotatable bonds is 3. The number of piperidine rings is 1. The molecule has 1 unspecified atom stereocenters. The molecule has 7 heteroatoms. The summed E-state index contributed by atoms with van der Waals surface area (Å²) in [6, 6.07) is 0. The van der Waals surface area contributed by atoms with Crippen LogP contribution in [0.15, 0.2) is 4.99 Å². The minimum absolute atomic E-state index is 0.418. The number of carboxylic acids is 1. The van der Waals surface area contributed by atoms with Crippen LogP contribution in [0.25, 0.3) is 0 Å². The number of hydrogen-bond donors (Lipinski definition) is 1. The lowest BCUT2D eigenvalue weighted by Gasteiger charge is -2.26. The average Bonchev–Trinajstić information content (AvgIpc) is 2.68. The van der Waals surface area contributed by atoms with Crippen LogP contribution in [0.4, 0.5) is 0 Å². The van der Waals surface area contributed by atoms with Crippen molar-refractivity contribution in [3.05, 3.63) is 0 Å². The largest absolute Gasteiger partial charge is 0.478 e. The highest BCUT2D eigenvalue weighted by Gasteiger charge is 2.50. The molecule has 1 fully saturated rings. The van der Waals surface area contributed by atoms with Crippen molar-refractivity contribution in [2.45, 2.75) is 31.4 Å². The van der Waals surface area contributed by atoms with Crippen molar-refractivity contribution in [1.82, 2.24) is 5.06 Å². The third-order valence-electron chi connectivity index (χ3n) is 2.82. The Morgan fingerprint density at radius 1 is 1.59 bits per heavy atom. The molecule has 0 amide bonds. The minimum atomic E-state index is -1.84. The van der Waals surface area contributed by atoms with Gasteiger partial charge in [-0.1, -0.05) is 0 Å². The topological polar surface area (TPSA) is 88.4 Å². The highest BCUT2D eigenvalue weighted by atomic mass is 16.7. The maximum absolute atomic E-state index is 11.3. The van der Waals surface area contributed by atoms with Crippen LogP contribution in [0.3, 0.4) is 0 Å². The van der Waals surface area contributed by atoms with Crippen LogP contribution in [-0.2, 0) is 19.2 Å². The zero-order valence-electron chi connectivity index (χ0n) is 9.51. The van der Waals surface area contributed by atoms with Crippen molar-refractivity contribution >= 4 is 17.8 Å². The van der Waals surface area contributed by atoms with Gasteiger partial charge in [0.2, 0.25) is 0 Å². The molecule has 2 aliphatic heterocycles. The number of aliphatic imine (C=N–C) groups is 1. The van der Waals surface area contributed by atoms with E-state index in [2.05, 4.69) is 9.73 Å². The molecule has 0 aromatic carbocycles. The van der Waals surface area contributed by atoms with Gasteiger partial charge in [0.25, 0.3) is 5.72 Å². The first-order valence-corrected chi connectivity index (χ1v) is 5.43. The molecule has 0 saturated carbocycles. The molecule has 17 heavy (non-hydrogen) atoms. The van der Waals surface area contributed by atoms with E-state index in [1.54, 1.807) is 0 Å². The van der Waals surface area contributed by atoms with Crippen LogP contribution in [0, 0.1) is 0 Å². The number of amidine groups is 1. The van der Waals surface area contributed by atoms with Gasteiger partial charge in [0, 0.05) is 13.0 Å². The fourth-order valence-corrected chi connectivity index (χ4v) is 1.92. The number of aliphatic carboxylic acids is 1. The summed E-state index contributed by atoms with van der Waals surface area (Å²) in [6.45, 7) is 0.606. The normalized spacial score (nSPS) is 27.4. The molecule has 1 atom stereocenters. The highest BCUT2D eigenvalue weighted by molar-refractivity contribution is 5.92. The number of hydroxylamine groups is 2. The molecule has 2 rings (SSSR count). The molecule has 0 aromatic rings. The van der Waals surface area contributed by atoms with E-state index in [1.807, 2.05) is 0 Å². The number of nitrogens with zero attached hydrogens (tertiary/aromatic N) is 2. The molecule has 0 radical (unpaired) electrons. The summed E-state index contributed by atoms with van der Waals surface area (Å²) in [5, 5.41) is 10.7. The van der Waals surface area contributed by atoms with E-state index in [9.17, 15) is 14.7 Å². The van der Waals surface area contributed by atoms with Crippen molar-refractivity contribution in [3.8, 4) is 0 Å². The third-order valence-corrected chi connectivity index (χ3v) is 2.82. The summed E-state index contributed by atoms with van der Waals surface area (Å²) in [7, 11) is 1.20. The fourth-order valence-electron chi connectivity index (χ4n) is 1.92. The Morgan fingerprint density at radius 3 is 2.94 bits per heavy atom. The zero-order chi connectivity index (χ0) is 12.5. The smallest absolute Gasteiger partial charge is 0.362 e. The van der Waals surface area contributed by atoms with Crippen LogP contribution < -0.4 is 0 Å². The van der Waals surface area contributed by atoms with Crippen molar-refractivity contribution in [3.63, 3.8) is 0 Å². The number of carbonyl (C=O) groups is 2. The number of carbonyl (C=O) groups excluding carboxylic acids is 1. The van der Waals surface area contributed by atoms with Gasteiger partial charge in [-0.2, -0.15) is 0 Å². The second-order valence-corrected chi connectivity index (χ2v) is 4.02. The molecule has 0 spiro atoms. The Balaban J connectivity index is 2.22. The molecular formula is C10H14N2O5. The molecule has 2 heterocycles. The predicted octanol–water partition coefficient (Wildman–Crippen LogP) is 0.160. The van der Waals surface area contributed by atoms with Gasteiger partial charge in [0.05, 0.1) is 7.11 Å². The van der Waals surface area contributed by atoms with Crippen LogP contribution in [0.1, 0.15) is 25.7 Å². The van der Waals surface area contributed by atoms with Gasteiger partial charge >= 0.3 is 11.9 Å². The molecule has 0 bridgehead atoms. The lowest BCUT2D eigenvalue weighted by Crippen LogP contribution is -2.43. The molecule has 1 N–H and O–H groups in total. The van der Waals surface area contributed by atoms with E-state index in [4.69, 9.17) is 4.84 Å². The monoisotopic (exact) mass is 242 g/mol. The summed E-state index contributed by atoms with van der Waals surface area (Å²) in [5.74, 6) is -1.33. The Morgan fingerprint density at radius 2 is 2.35 bits per heavy atom. The number of carboxylic acid groups (broad SMARTS) is 1. The molecular weight excluding hydrogens is 228 g/mol. The van der Waals surface area contributed by atoms with Crippen molar-refractivity contribution in [1.29, 1.82) is 0 Å². The number of fused-ring (bicyclic) bond motifs is 1. The van der Waals surface area contributed by atoms with Gasteiger partial charge < -0.3 is 9.84 Å². The summed E-state index contributed by atoms with van der Waals surface area (Å²) >= 11 is 0.